The molecule has 63 heavy (non-hydrogen) atoms. The van der Waals surface area contributed by atoms with Gasteiger partial charge in [0.2, 0.25) is 0 Å². The first-order chi connectivity index (χ1) is 30.6. The van der Waals surface area contributed by atoms with Crippen molar-refractivity contribution in [1.29, 1.82) is 0 Å². The highest BCUT2D eigenvalue weighted by atomic mass is 16.6. The maximum Gasteiger partial charge on any atom is 0.339 e. The number of aliphatic hydroxyl groups excluding tert-OH is 1. The van der Waals surface area contributed by atoms with E-state index in [0.29, 0.717) is 47.1 Å². The van der Waals surface area contributed by atoms with Crippen molar-refractivity contribution >= 4 is 22.9 Å². The lowest BCUT2D eigenvalue weighted by atomic mass is 9.71. The van der Waals surface area contributed by atoms with Gasteiger partial charge in [0.1, 0.15) is 23.7 Å². The van der Waals surface area contributed by atoms with Gasteiger partial charge >= 0.3 is 17.6 Å². The molecule has 9 rings (SSSR count). The van der Waals surface area contributed by atoms with Crippen LogP contribution in [0.3, 0.4) is 0 Å². The Morgan fingerprint density at radius 1 is 0.778 bits per heavy atom. The average molecular weight is 853 g/mol. The van der Waals surface area contributed by atoms with Crippen LogP contribution in [0.2, 0.25) is 0 Å². The van der Waals surface area contributed by atoms with E-state index >= 15 is 0 Å². The van der Waals surface area contributed by atoms with Crippen LogP contribution in [-0.2, 0) is 55.9 Å². The van der Waals surface area contributed by atoms with Gasteiger partial charge in [-0.1, -0.05) is 104 Å². The molecule has 1 N–H and O–H groups in total. The number of aryl methyl sites for hydroxylation is 2. The normalized spacial score (nSPS) is 22.2. The lowest BCUT2D eigenvalue weighted by Gasteiger charge is -2.49. The molecule has 1 fully saturated rings. The zero-order chi connectivity index (χ0) is 43.9. The third-order valence-corrected chi connectivity index (χ3v) is 13.5. The van der Waals surface area contributed by atoms with Gasteiger partial charge in [0.15, 0.2) is 12.2 Å². The van der Waals surface area contributed by atoms with Crippen LogP contribution in [0.5, 0.6) is 5.75 Å². The van der Waals surface area contributed by atoms with Crippen molar-refractivity contribution < 1.29 is 38.1 Å². The van der Waals surface area contributed by atoms with Crippen molar-refractivity contribution in [3.05, 3.63) is 158 Å². The number of allylic oxidation sites excluding steroid dienone is 1. The summed E-state index contributed by atoms with van der Waals surface area (Å²) in [6, 6.07) is 33.1. The molecule has 4 aliphatic rings. The van der Waals surface area contributed by atoms with Gasteiger partial charge in [0.05, 0.1) is 12.2 Å². The number of carbonyl (C=O) groups excluding carboxylic acids is 2. The highest BCUT2D eigenvalue weighted by Gasteiger charge is 2.56. The lowest BCUT2D eigenvalue weighted by Crippen LogP contribution is -2.58. The Bertz CT molecular complexity index is 2480. The van der Waals surface area contributed by atoms with Gasteiger partial charge in [0, 0.05) is 35.3 Å². The minimum Gasteiger partial charge on any atom is -0.483 e. The number of aliphatic hydroxyl groups is 1. The van der Waals surface area contributed by atoms with Crippen LogP contribution >= 0.6 is 0 Å². The van der Waals surface area contributed by atoms with E-state index in [1.165, 1.54) is 16.7 Å². The smallest absolute Gasteiger partial charge is 0.339 e. The maximum absolute atomic E-state index is 14.8. The Balaban J connectivity index is 1.19. The standard InChI is InChI=1S/C54H60O9/c1-35(2)45-25-23-36-17-19-39(20-18-36)31-41(22-21-38-13-10-14-40(30-38)29-37-11-6-4-7-12-37)32-47(56)60-50-48-46(26-24-42-33-43(27-28-59-34-55)52(57)61-49(42)48)63-54(3,51(50)62-53(45)58)44-15-8-5-9-16-44/h4,6-7,10-14,17-20,24,26,30,33,41,44,50-51,55H,5,8-9,15-16,21-23,25,27-29,31-32,34H2,1-3H3/t41-,50-,51+,54+/m1/s1. The zero-order valence-electron chi connectivity index (χ0n) is 36.9. The van der Waals surface area contributed by atoms with Crippen molar-refractivity contribution in [2.75, 3.05) is 13.4 Å². The molecule has 9 nitrogen and oxygen atoms in total. The highest BCUT2D eigenvalue weighted by molar-refractivity contribution is 5.90. The van der Waals surface area contributed by atoms with Gasteiger partial charge in [-0.2, -0.15) is 0 Å². The molecule has 1 saturated carbocycles. The Hall–Kier alpha value is -5.51. The summed E-state index contributed by atoms with van der Waals surface area (Å²) in [5.41, 5.74) is 6.73. The first-order valence-electron chi connectivity index (χ1n) is 22.8. The summed E-state index contributed by atoms with van der Waals surface area (Å²) in [6.07, 6.45) is 7.21. The van der Waals surface area contributed by atoms with Crippen LogP contribution in [0.25, 0.3) is 11.0 Å². The number of ether oxygens (including phenoxy) is 4. The van der Waals surface area contributed by atoms with E-state index in [1.54, 1.807) is 6.07 Å². The Kier molecular flexibility index (Phi) is 13.9. The van der Waals surface area contributed by atoms with E-state index in [9.17, 15) is 19.5 Å². The van der Waals surface area contributed by atoms with Crippen molar-refractivity contribution in [3.8, 4) is 5.75 Å². The van der Waals surface area contributed by atoms with Gasteiger partial charge in [-0.15, -0.1) is 0 Å². The van der Waals surface area contributed by atoms with Crippen LogP contribution in [0.4, 0.5) is 0 Å². The monoisotopic (exact) mass is 852 g/mol. The van der Waals surface area contributed by atoms with E-state index < -0.39 is 42.2 Å². The van der Waals surface area contributed by atoms with Crippen LogP contribution in [0, 0.1) is 11.8 Å². The van der Waals surface area contributed by atoms with Crippen molar-refractivity contribution in [3.63, 3.8) is 0 Å². The van der Waals surface area contributed by atoms with Gasteiger partial charge in [-0.05, 0) is 124 Å². The van der Waals surface area contributed by atoms with Crippen LogP contribution < -0.4 is 10.4 Å². The molecule has 4 aromatic carbocycles. The fraction of sp³-hybridized carbons (Fsp3) is 0.426. The molecule has 0 amide bonds. The summed E-state index contributed by atoms with van der Waals surface area (Å²) < 4.78 is 31.8. The number of fused-ring (bicyclic) bond motifs is 13. The molecule has 0 radical (unpaired) electrons. The van der Waals surface area contributed by atoms with E-state index in [1.807, 2.05) is 39.0 Å². The number of carbonyl (C=O) groups is 2. The van der Waals surface area contributed by atoms with Gasteiger partial charge in [0.25, 0.3) is 0 Å². The number of hydrogen-bond donors (Lipinski definition) is 1. The quantitative estimate of drug-likeness (QED) is 0.0481. The number of benzene rings is 4. The highest BCUT2D eigenvalue weighted by Crippen LogP contribution is 2.52. The van der Waals surface area contributed by atoms with E-state index in [-0.39, 0.29) is 36.9 Å². The minimum atomic E-state index is -1.13. The minimum absolute atomic E-state index is 0.000811. The molecule has 0 saturated heterocycles. The number of hydrogen-bond acceptors (Lipinski definition) is 9. The third kappa shape index (κ3) is 10.3. The average Bonchev–Trinajstić information content (AvgIpc) is 3.28. The summed E-state index contributed by atoms with van der Waals surface area (Å²) in [5, 5.41) is 9.78. The molecule has 0 unspecified atom stereocenters. The van der Waals surface area contributed by atoms with Crippen LogP contribution in [-0.4, -0.2) is 42.1 Å². The third-order valence-electron chi connectivity index (χ3n) is 13.5. The van der Waals surface area contributed by atoms with Gasteiger partial charge < -0.3 is 28.5 Å². The topological polar surface area (TPSA) is 122 Å². The molecule has 1 aromatic heterocycles. The lowest BCUT2D eigenvalue weighted by molar-refractivity contribution is -0.201. The summed E-state index contributed by atoms with van der Waals surface area (Å²) in [6.45, 7) is 5.52. The summed E-state index contributed by atoms with van der Waals surface area (Å²) in [4.78, 5) is 43.0. The molecule has 0 spiro atoms. The molecular weight excluding hydrogens is 793 g/mol. The Labute approximate surface area is 370 Å². The van der Waals surface area contributed by atoms with Gasteiger partial charge in [-0.3, -0.25) is 4.79 Å². The first kappa shape index (κ1) is 44.1. The molecule has 4 heterocycles. The Morgan fingerprint density at radius 2 is 1.52 bits per heavy atom. The molecular formula is C54H60O9. The largest absolute Gasteiger partial charge is 0.483 e. The number of esters is 2. The van der Waals surface area contributed by atoms with Crippen LogP contribution in [0.15, 0.2) is 117 Å². The predicted octanol–water partition coefficient (Wildman–Crippen LogP) is 10.3. The van der Waals surface area contributed by atoms with E-state index in [4.69, 9.17) is 23.4 Å². The zero-order valence-corrected chi connectivity index (χ0v) is 36.9. The van der Waals surface area contributed by atoms with E-state index in [0.717, 1.165) is 68.1 Å². The second-order valence-corrected chi connectivity index (χ2v) is 18.2. The second kappa shape index (κ2) is 19.9. The molecule has 2 bridgehead atoms. The number of rotatable bonds is 10. The molecule has 330 valence electrons. The summed E-state index contributed by atoms with van der Waals surface area (Å²) >= 11 is 0. The molecule has 1 aliphatic carbocycles. The molecule has 5 aromatic rings. The fourth-order valence-corrected chi connectivity index (χ4v) is 10.0. The van der Waals surface area contributed by atoms with Crippen molar-refractivity contribution in [2.45, 2.75) is 122 Å². The molecule has 3 aliphatic heterocycles. The predicted molar refractivity (Wildman–Crippen MR) is 243 cm³/mol. The van der Waals surface area contributed by atoms with Crippen molar-refractivity contribution in [1.82, 2.24) is 0 Å². The van der Waals surface area contributed by atoms with Crippen LogP contribution in [0.1, 0.15) is 117 Å². The Morgan fingerprint density at radius 3 is 2.29 bits per heavy atom. The first-order valence-corrected chi connectivity index (χ1v) is 22.8. The maximum atomic E-state index is 14.8. The summed E-state index contributed by atoms with van der Waals surface area (Å²) in [7, 11) is 0. The summed E-state index contributed by atoms with van der Waals surface area (Å²) in [5.74, 6) is -0.529. The fourth-order valence-electron chi connectivity index (χ4n) is 10.0. The van der Waals surface area contributed by atoms with Crippen molar-refractivity contribution in [2.24, 2.45) is 11.8 Å². The molecule has 9 heteroatoms. The van der Waals surface area contributed by atoms with Gasteiger partial charge in [-0.25, -0.2) is 9.59 Å². The van der Waals surface area contributed by atoms with E-state index in [2.05, 4.69) is 72.8 Å². The SMILES string of the molecule is CC(C)=C1CCc2ccc(cc2)C[C@@H](CCc2cccc(Cc3ccccc3)c2)CC(=O)O[C@@H]2c3c(ccc4cc(CCOCO)c(=O)oc34)O[C@@](C)(C3CCCCC3)[C@H]2OC1=O. The second-order valence-electron chi connectivity index (χ2n) is 18.2. The molecule has 4 atom stereocenters.